The fourth-order valence-electron chi connectivity index (χ4n) is 4.53. The Hall–Kier alpha value is -3.21. The monoisotopic (exact) mass is 484 g/mol. The number of hydrogen-bond acceptors (Lipinski definition) is 8. The van der Waals surface area contributed by atoms with Crippen LogP contribution in [0, 0.1) is 0 Å². The molecule has 3 N–H and O–H groups in total. The van der Waals surface area contributed by atoms with Crippen molar-refractivity contribution in [1.29, 1.82) is 0 Å². The van der Waals surface area contributed by atoms with Gasteiger partial charge in [0.15, 0.2) is 0 Å². The van der Waals surface area contributed by atoms with E-state index in [1.165, 1.54) is 0 Å². The first-order valence-corrected chi connectivity index (χ1v) is 11.5. The van der Waals surface area contributed by atoms with Crippen LogP contribution in [0.15, 0.2) is 42.5 Å². The summed E-state index contributed by atoms with van der Waals surface area (Å²) in [5.74, 6) is 1.03. The van der Waals surface area contributed by atoms with Gasteiger partial charge in [0.05, 0.1) is 5.56 Å². The zero-order valence-corrected chi connectivity index (χ0v) is 19.2. The fourth-order valence-corrected chi connectivity index (χ4v) is 4.72. The molecule has 1 fully saturated rings. The highest BCUT2D eigenvalue weighted by molar-refractivity contribution is 6.30. The lowest BCUT2D eigenvalue weighted by molar-refractivity contribution is -0.00199. The van der Waals surface area contributed by atoms with Gasteiger partial charge in [-0.05, 0) is 46.3 Å². The van der Waals surface area contributed by atoms with E-state index in [1.807, 2.05) is 18.2 Å². The van der Waals surface area contributed by atoms with Crippen LogP contribution in [0.3, 0.4) is 0 Å². The number of halogens is 1. The summed E-state index contributed by atoms with van der Waals surface area (Å²) in [5, 5.41) is 26.8. The molecule has 0 bridgehead atoms. The molecule has 1 aromatic heterocycles. The first kappa shape index (κ1) is 22.6. The van der Waals surface area contributed by atoms with Crippen LogP contribution < -0.4 is 14.8 Å². The quantitative estimate of drug-likeness (QED) is 0.466. The molecule has 1 atom stereocenters. The summed E-state index contributed by atoms with van der Waals surface area (Å²) in [6, 6.07) is 12.6. The number of fused-ring (bicyclic) bond motifs is 1. The Labute approximate surface area is 201 Å². The third kappa shape index (κ3) is 4.98. The van der Waals surface area contributed by atoms with Crippen molar-refractivity contribution in [2.45, 2.75) is 31.0 Å². The molecule has 3 heterocycles. The molecular weight excluding hydrogens is 460 g/mol. The van der Waals surface area contributed by atoms with Crippen molar-refractivity contribution in [2.75, 3.05) is 31.6 Å². The lowest BCUT2D eigenvalue weighted by Crippen LogP contribution is -2.49. The molecule has 2 aliphatic heterocycles. The number of benzene rings is 2. The second-order valence-corrected chi connectivity index (χ2v) is 9.12. The maximum atomic E-state index is 12.5. The van der Waals surface area contributed by atoms with Crippen LogP contribution >= 0.6 is 11.6 Å². The van der Waals surface area contributed by atoms with Gasteiger partial charge in [-0.1, -0.05) is 28.8 Å². The molecule has 0 radical (unpaired) electrons. The molecule has 0 saturated carbocycles. The van der Waals surface area contributed by atoms with E-state index >= 15 is 0 Å². The van der Waals surface area contributed by atoms with E-state index in [4.69, 9.17) is 21.1 Å². The average molecular weight is 485 g/mol. The molecule has 0 aliphatic carbocycles. The number of para-hydroxylation sites is 1. The Bertz CT molecular complexity index is 1150. The molecule has 11 heteroatoms. The predicted molar refractivity (Wildman–Crippen MR) is 124 cm³/mol. The maximum absolute atomic E-state index is 12.5. The molecule has 1 spiro atoms. The van der Waals surface area contributed by atoms with Gasteiger partial charge in [0.25, 0.3) is 5.91 Å². The van der Waals surface area contributed by atoms with Gasteiger partial charge < -0.3 is 19.5 Å². The standard InChI is InChI=1S/C23H25ClN6O4/c24-16-5-6-19-15(11-16)12-23(34-19)7-9-30(10-8-23)13-17(31)14-33-20-4-2-1-3-18(20)21(32)25-22-26-28-29-27-22/h1-6,11,17,31H,7-10,12-14H2,(H2,25,26,27,28,29,32)/t17-/m1/s1. The summed E-state index contributed by atoms with van der Waals surface area (Å²) in [4.78, 5) is 14.7. The Morgan fingerprint density at radius 3 is 2.91 bits per heavy atom. The number of aliphatic hydroxyl groups excluding tert-OH is 1. The fraction of sp³-hybridized carbons (Fsp3) is 0.391. The summed E-state index contributed by atoms with van der Waals surface area (Å²) in [6.45, 7) is 2.19. The van der Waals surface area contributed by atoms with E-state index in [-0.39, 0.29) is 18.2 Å². The zero-order valence-electron chi connectivity index (χ0n) is 18.4. The number of aliphatic hydroxyl groups is 1. The van der Waals surface area contributed by atoms with E-state index in [0.717, 1.165) is 48.7 Å². The largest absolute Gasteiger partial charge is 0.490 e. The van der Waals surface area contributed by atoms with Crippen LogP contribution in [0.4, 0.5) is 5.95 Å². The van der Waals surface area contributed by atoms with Crippen molar-refractivity contribution < 1.29 is 19.4 Å². The van der Waals surface area contributed by atoms with E-state index in [9.17, 15) is 9.90 Å². The number of likely N-dealkylation sites (tertiary alicyclic amines) is 1. The van der Waals surface area contributed by atoms with Gasteiger partial charge in [0.2, 0.25) is 5.95 Å². The molecule has 2 aliphatic rings. The minimum atomic E-state index is -0.704. The number of carbonyl (C=O) groups is 1. The Morgan fingerprint density at radius 2 is 2.12 bits per heavy atom. The van der Waals surface area contributed by atoms with Crippen molar-refractivity contribution in [2.24, 2.45) is 0 Å². The molecule has 10 nitrogen and oxygen atoms in total. The van der Waals surface area contributed by atoms with Gasteiger partial charge in [-0.25, -0.2) is 5.10 Å². The van der Waals surface area contributed by atoms with Crippen LogP contribution in [0.1, 0.15) is 28.8 Å². The van der Waals surface area contributed by atoms with Crippen molar-refractivity contribution >= 4 is 23.5 Å². The summed E-state index contributed by atoms with van der Waals surface area (Å²) in [5.41, 5.74) is 1.30. The molecule has 3 aromatic rings. The number of tetrazole rings is 1. The minimum absolute atomic E-state index is 0.0657. The number of nitrogens with zero attached hydrogens (tertiary/aromatic N) is 4. The predicted octanol–water partition coefficient (Wildman–Crippen LogP) is 2.31. The molecule has 0 unspecified atom stereocenters. The van der Waals surface area contributed by atoms with Gasteiger partial charge in [-0.15, -0.1) is 0 Å². The number of β-amino-alcohol motifs (C(OH)–C–C–N with tert-alkyl or cyclic N) is 1. The van der Waals surface area contributed by atoms with Crippen molar-refractivity contribution in [3.8, 4) is 11.5 Å². The third-order valence-corrected chi connectivity index (χ3v) is 6.47. The van der Waals surface area contributed by atoms with Crippen molar-refractivity contribution in [3.05, 3.63) is 58.6 Å². The number of aromatic amines is 1. The smallest absolute Gasteiger partial charge is 0.261 e. The molecule has 1 amide bonds. The first-order valence-electron chi connectivity index (χ1n) is 11.1. The van der Waals surface area contributed by atoms with Crippen molar-refractivity contribution in [1.82, 2.24) is 25.5 Å². The van der Waals surface area contributed by atoms with Crippen LogP contribution in [0.2, 0.25) is 5.02 Å². The lowest BCUT2D eigenvalue weighted by Gasteiger charge is -2.39. The van der Waals surface area contributed by atoms with Crippen LogP contribution in [-0.2, 0) is 6.42 Å². The number of carbonyl (C=O) groups excluding carboxylic acids is 1. The normalized spacial score (nSPS) is 17.7. The molecule has 34 heavy (non-hydrogen) atoms. The average Bonchev–Trinajstić information content (AvgIpc) is 3.47. The number of aromatic nitrogens is 4. The number of nitrogens with one attached hydrogen (secondary N) is 2. The van der Waals surface area contributed by atoms with E-state index in [2.05, 4.69) is 30.8 Å². The van der Waals surface area contributed by atoms with Crippen LogP contribution in [0.25, 0.3) is 0 Å². The number of H-pyrrole nitrogens is 1. The van der Waals surface area contributed by atoms with Gasteiger partial charge in [0.1, 0.15) is 29.8 Å². The van der Waals surface area contributed by atoms with Gasteiger partial charge in [-0.2, -0.15) is 0 Å². The number of rotatable bonds is 7. The van der Waals surface area contributed by atoms with E-state index in [1.54, 1.807) is 24.3 Å². The lowest BCUT2D eigenvalue weighted by atomic mass is 9.87. The topological polar surface area (TPSA) is 125 Å². The Kier molecular flexibility index (Phi) is 6.36. The summed E-state index contributed by atoms with van der Waals surface area (Å²) in [7, 11) is 0. The number of hydrogen-bond donors (Lipinski definition) is 3. The molecule has 5 rings (SSSR count). The highest BCUT2D eigenvalue weighted by Gasteiger charge is 2.42. The maximum Gasteiger partial charge on any atom is 0.261 e. The summed E-state index contributed by atoms with van der Waals surface area (Å²) >= 11 is 6.13. The summed E-state index contributed by atoms with van der Waals surface area (Å²) < 4.78 is 12.1. The molecule has 2 aromatic carbocycles. The second kappa shape index (κ2) is 9.57. The number of piperidine rings is 1. The Balaban J connectivity index is 1.11. The summed E-state index contributed by atoms with van der Waals surface area (Å²) in [6.07, 6.45) is 1.92. The first-order chi connectivity index (χ1) is 16.5. The second-order valence-electron chi connectivity index (χ2n) is 8.68. The SMILES string of the molecule is O=C(Nc1nnn[nH]1)c1ccccc1OC[C@H](O)CN1CCC2(CC1)Cc1cc(Cl)ccc1O2. The Morgan fingerprint density at radius 1 is 1.29 bits per heavy atom. The van der Waals surface area contributed by atoms with E-state index < -0.39 is 12.0 Å². The van der Waals surface area contributed by atoms with Gasteiger partial charge in [-0.3, -0.25) is 10.1 Å². The minimum Gasteiger partial charge on any atom is -0.490 e. The molecule has 1 saturated heterocycles. The molecule has 178 valence electrons. The highest BCUT2D eigenvalue weighted by atomic mass is 35.5. The number of amides is 1. The van der Waals surface area contributed by atoms with Crippen LogP contribution in [0.5, 0.6) is 11.5 Å². The molecular formula is C23H25ClN6O4. The van der Waals surface area contributed by atoms with Crippen LogP contribution in [-0.4, -0.2) is 74.5 Å². The van der Waals surface area contributed by atoms with Gasteiger partial charge in [0, 0.05) is 43.9 Å². The zero-order chi connectivity index (χ0) is 23.5. The highest BCUT2D eigenvalue weighted by Crippen LogP contribution is 2.41. The van der Waals surface area contributed by atoms with Crippen molar-refractivity contribution in [3.63, 3.8) is 0 Å². The number of ether oxygens (including phenoxy) is 2. The van der Waals surface area contributed by atoms with Gasteiger partial charge >= 0.3 is 0 Å². The number of anilines is 1. The van der Waals surface area contributed by atoms with E-state index in [0.29, 0.717) is 17.9 Å². The third-order valence-electron chi connectivity index (χ3n) is 6.24.